The minimum Gasteiger partial charge on any atom is -0.341 e. The molecule has 0 saturated carbocycles. The van der Waals surface area contributed by atoms with Crippen LogP contribution in [0.1, 0.15) is 31.0 Å². The van der Waals surface area contributed by atoms with E-state index < -0.39 is 11.8 Å². The Morgan fingerprint density at radius 3 is 2.27 bits per heavy atom. The van der Waals surface area contributed by atoms with Crippen LogP contribution >= 0.6 is 0 Å². The van der Waals surface area contributed by atoms with Crippen molar-refractivity contribution in [2.24, 2.45) is 0 Å². The first-order chi connectivity index (χ1) is 12.6. The number of carbonyl (C=O) groups excluding carboxylic acids is 2. The van der Waals surface area contributed by atoms with Gasteiger partial charge in [-0.25, -0.2) is 0 Å². The first-order valence-corrected chi connectivity index (χ1v) is 8.76. The Bertz CT molecular complexity index is 932. The maximum Gasteiger partial charge on any atom is 0.313 e. The molecule has 4 heteroatoms. The molecule has 0 bridgehead atoms. The number of rotatable bonds is 4. The maximum atomic E-state index is 12.2. The summed E-state index contributed by atoms with van der Waals surface area (Å²) in [5.41, 5.74) is 2.80. The van der Waals surface area contributed by atoms with Gasteiger partial charge in [0.25, 0.3) is 0 Å². The molecule has 1 atom stereocenters. The first-order valence-electron chi connectivity index (χ1n) is 8.76. The van der Waals surface area contributed by atoms with Crippen LogP contribution < -0.4 is 10.6 Å². The molecule has 3 rings (SSSR count). The highest BCUT2D eigenvalue weighted by Gasteiger charge is 2.17. The third-order valence-corrected chi connectivity index (χ3v) is 4.45. The lowest BCUT2D eigenvalue weighted by molar-refractivity contribution is -0.136. The minimum atomic E-state index is -0.669. The maximum absolute atomic E-state index is 12.2. The molecule has 0 spiro atoms. The van der Waals surface area contributed by atoms with Crippen LogP contribution in [0.3, 0.4) is 0 Å². The quantitative estimate of drug-likeness (QED) is 0.695. The van der Waals surface area contributed by atoms with E-state index in [0.29, 0.717) is 5.69 Å². The number of anilines is 1. The van der Waals surface area contributed by atoms with Crippen molar-refractivity contribution < 1.29 is 9.59 Å². The molecule has 0 aromatic heterocycles. The van der Waals surface area contributed by atoms with E-state index in [2.05, 4.69) is 17.6 Å². The van der Waals surface area contributed by atoms with Gasteiger partial charge in [0.05, 0.1) is 6.04 Å². The van der Waals surface area contributed by atoms with E-state index in [0.717, 1.165) is 22.8 Å². The molecule has 4 nitrogen and oxygen atoms in total. The van der Waals surface area contributed by atoms with Crippen LogP contribution in [0, 0.1) is 0 Å². The predicted octanol–water partition coefficient (Wildman–Crippen LogP) is 4.22. The smallest absolute Gasteiger partial charge is 0.313 e. The van der Waals surface area contributed by atoms with Crippen molar-refractivity contribution in [1.82, 2.24) is 5.32 Å². The van der Waals surface area contributed by atoms with Gasteiger partial charge in [-0.05, 0) is 47.4 Å². The molecule has 0 aliphatic carbocycles. The highest BCUT2D eigenvalue weighted by molar-refractivity contribution is 6.39. The number of hydrogen-bond acceptors (Lipinski definition) is 2. The zero-order chi connectivity index (χ0) is 18.5. The third-order valence-electron chi connectivity index (χ3n) is 4.45. The van der Waals surface area contributed by atoms with Gasteiger partial charge in [-0.15, -0.1) is 0 Å². The second-order valence-electron chi connectivity index (χ2n) is 6.31. The Morgan fingerprint density at radius 2 is 1.58 bits per heavy atom. The van der Waals surface area contributed by atoms with Crippen molar-refractivity contribution in [2.45, 2.75) is 26.3 Å². The Hall–Kier alpha value is -3.14. The Morgan fingerprint density at radius 1 is 0.885 bits per heavy atom. The zero-order valence-corrected chi connectivity index (χ0v) is 15.0. The fourth-order valence-corrected chi connectivity index (χ4v) is 2.84. The lowest BCUT2D eigenvalue weighted by Crippen LogP contribution is -2.36. The number of carbonyl (C=O) groups is 2. The molecule has 132 valence electrons. The summed E-state index contributed by atoms with van der Waals surface area (Å²) in [4.78, 5) is 24.4. The molecule has 2 N–H and O–H groups in total. The summed E-state index contributed by atoms with van der Waals surface area (Å²) in [6, 6.07) is 21.2. The summed E-state index contributed by atoms with van der Waals surface area (Å²) in [6.45, 7) is 3.96. The van der Waals surface area contributed by atoms with Crippen molar-refractivity contribution in [2.75, 3.05) is 5.32 Å². The number of fused-ring (bicyclic) bond motifs is 1. The number of hydrogen-bond donors (Lipinski definition) is 2. The van der Waals surface area contributed by atoms with Crippen molar-refractivity contribution in [3.8, 4) is 0 Å². The molecule has 0 saturated heterocycles. The molecule has 0 fully saturated rings. The van der Waals surface area contributed by atoms with Crippen LogP contribution in [-0.2, 0) is 16.0 Å². The van der Waals surface area contributed by atoms with Crippen LogP contribution in [0.5, 0.6) is 0 Å². The lowest BCUT2D eigenvalue weighted by Gasteiger charge is -2.14. The molecular weight excluding hydrogens is 324 g/mol. The van der Waals surface area contributed by atoms with Gasteiger partial charge in [0.2, 0.25) is 0 Å². The molecule has 3 aromatic rings. The van der Waals surface area contributed by atoms with Crippen LogP contribution in [0.25, 0.3) is 10.8 Å². The lowest BCUT2D eigenvalue weighted by atomic mass is 10.0. The SMILES string of the molecule is CCc1ccc(C(C)NC(=O)C(=O)Nc2ccc3ccccc3c2)cc1. The van der Waals surface area contributed by atoms with Gasteiger partial charge in [-0.1, -0.05) is 61.5 Å². The van der Waals surface area contributed by atoms with Crippen LogP contribution in [-0.4, -0.2) is 11.8 Å². The summed E-state index contributed by atoms with van der Waals surface area (Å²) < 4.78 is 0. The minimum absolute atomic E-state index is 0.240. The average molecular weight is 346 g/mol. The van der Waals surface area contributed by atoms with E-state index in [1.54, 1.807) is 6.07 Å². The van der Waals surface area contributed by atoms with E-state index in [9.17, 15) is 9.59 Å². The molecule has 0 aliphatic heterocycles. The molecule has 3 aromatic carbocycles. The molecular formula is C22H22N2O2. The van der Waals surface area contributed by atoms with E-state index in [4.69, 9.17) is 0 Å². The van der Waals surface area contributed by atoms with Gasteiger partial charge in [0.15, 0.2) is 0 Å². The monoisotopic (exact) mass is 346 g/mol. The second kappa shape index (κ2) is 7.83. The van der Waals surface area contributed by atoms with E-state index in [1.807, 2.05) is 67.6 Å². The number of benzene rings is 3. The third kappa shape index (κ3) is 4.09. The summed E-state index contributed by atoms with van der Waals surface area (Å²) in [7, 11) is 0. The van der Waals surface area contributed by atoms with Gasteiger partial charge >= 0.3 is 11.8 Å². The highest BCUT2D eigenvalue weighted by atomic mass is 16.2. The predicted molar refractivity (Wildman–Crippen MR) is 105 cm³/mol. The van der Waals surface area contributed by atoms with E-state index in [1.165, 1.54) is 5.56 Å². The fourth-order valence-electron chi connectivity index (χ4n) is 2.84. The van der Waals surface area contributed by atoms with Crippen molar-refractivity contribution in [3.05, 3.63) is 77.9 Å². The molecule has 0 aliphatic rings. The van der Waals surface area contributed by atoms with Crippen LogP contribution in [0.15, 0.2) is 66.7 Å². The largest absolute Gasteiger partial charge is 0.341 e. The standard InChI is InChI=1S/C22H22N2O2/c1-3-16-8-10-17(11-9-16)15(2)23-21(25)22(26)24-20-13-12-18-6-4-5-7-19(18)14-20/h4-15H,3H2,1-2H3,(H,23,25)(H,24,26). The summed E-state index contributed by atoms with van der Waals surface area (Å²) in [6.07, 6.45) is 0.967. The molecule has 26 heavy (non-hydrogen) atoms. The van der Waals surface area contributed by atoms with Gasteiger partial charge < -0.3 is 10.6 Å². The Balaban J connectivity index is 1.63. The number of aryl methyl sites for hydroxylation is 1. The fraction of sp³-hybridized carbons (Fsp3) is 0.182. The van der Waals surface area contributed by atoms with Gasteiger partial charge in [-0.2, -0.15) is 0 Å². The zero-order valence-electron chi connectivity index (χ0n) is 15.0. The number of amides is 2. The molecule has 2 amide bonds. The summed E-state index contributed by atoms with van der Waals surface area (Å²) in [5, 5.41) is 7.49. The summed E-state index contributed by atoms with van der Waals surface area (Å²) in [5.74, 6) is -1.32. The molecule has 1 unspecified atom stereocenters. The second-order valence-corrected chi connectivity index (χ2v) is 6.31. The molecule has 0 radical (unpaired) electrons. The van der Waals surface area contributed by atoms with Gasteiger partial charge in [-0.3, -0.25) is 9.59 Å². The van der Waals surface area contributed by atoms with Crippen molar-refractivity contribution in [3.63, 3.8) is 0 Å². The first kappa shape index (κ1) is 17.7. The number of nitrogens with one attached hydrogen (secondary N) is 2. The Labute approximate surface area is 153 Å². The topological polar surface area (TPSA) is 58.2 Å². The van der Waals surface area contributed by atoms with Crippen LogP contribution in [0.4, 0.5) is 5.69 Å². The van der Waals surface area contributed by atoms with Gasteiger partial charge in [0, 0.05) is 5.69 Å². The summed E-state index contributed by atoms with van der Waals surface area (Å²) >= 11 is 0. The van der Waals surface area contributed by atoms with Crippen LogP contribution in [0.2, 0.25) is 0 Å². The van der Waals surface area contributed by atoms with E-state index in [-0.39, 0.29) is 6.04 Å². The van der Waals surface area contributed by atoms with Crippen molar-refractivity contribution >= 4 is 28.3 Å². The van der Waals surface area contributed by atoms with E-state index >= 15 is 0 Å². The van der Waals surface area contributed by atoms with Gasteiger partial charge in [0.1, 0.15) is 0 Å². The average Bonchev–Trinajstić information content (AvgIpc) is 2.67. The molecule has 0 heterocycles. The van der Waals surface area contributed by atoms with Crippen molar-refractivity contribution in [1.29, 1.82) is 0 Å². The highest BCUT2D eigenvalue weighted by Crippen LogP contribution is 2.19. The Kier molecular flexibility index (Phi) is 5.32. The normalized spacial score (nSPS) is 11.8.